The number of benzene rings is 1. The number of carbonyl (C=O) groups excluding carboxylic acids is 2. The molecule has 0 N–H and O–H groups in total. The maximum absolute atomic E-state index is 13.0. The van der Waals surface area contributed by atoms with Crippen LogP contribution in [0.5, 0.6) is 0 Å². The van der Waals surface area contributed by atoms with Gasteiger partial charge in [-0.1, -0.05) is 18.2 Å². The van der Waals surface area contributed by atoms with Crippen LogP contribution in [0.25, 0.3) is 11.5 Å². The first-order chi connectivity index (χ1) is 16.1. The lowest BCUT2D eigenvalue weighted by Gasteiger charge is -2.31. The van der Waals surface area contributed by atoms with Crippen molar-refractivity contribution in [3.05, 3.63) is 66.6 Å². The van der Waals surface area contributed by atoms with Gasteiger partial charge in [0.25, 0.3) is 0 Å². The Hall–Kier alpha value is -3.20. The molecule has 174 valence electrons. The van der Waals surface area contributed by atoms with Crippen LogP contribution >= 0.6 is 0 Å². The zero-order chi connectivity index (χ0) is 23.2. The zero-order valence-corrected chi connectivity index (χ0v) is 19.4. The fraction of sp³-hybridized carbons (Fsp3) is 0.375. The van der Waals surface area contributed by atoms with Gasteiger partial charge in [-0.25, -0.2) is 4.68 Å². The van der Waals surface area contributed by atoms with Gasteiger partial charge in [0, 0.05) is 41.8 Å². The molecule has 33 heavy (non-hydrogen) atoms. The second-order valence-electron chi connectivity index (χ2n) is 7.99. The molecule has 2 aromatic heterocycles. The van der Waals surface area contributed by atoms with Gasteiger partial charge in [0.15, 0.2) is 0 Å². The summed E-state index contributed by atoms with van der Waals surface area (Å²) in [5.41, 5.74) is 1.69. The summed E-state index contributed by atoms with van der Waals surface area (Å²) in [7, 11) is -1.42. The van der Waals surface area contributed by atoms with Gasteiger partial charge in [0.2, 0.25) is 5.91 Å². The van der Waals surface area contributed by atoms with Gasteiger partial charge in [-0.2, -0.15) is 5.10 Å². The normalized spacial score (nSPS) is 17.0. The number of hydrogen-bond donors (Lipinski definition) is 0. The summed E-state index contributed by atoms with van der Waals surface area (Å²) in [6.45, 7) is 3.00. The van der Waals surface area contributed by atoms with Crippen LogP contribution in [-0.2, 0) is 30.9 Å². The quantitative estimate of drug-likeness (QED) is 0.475. The molecule has 9 heteroatoms. The summed E-state index contributed by atoms with van der Waals surface area (Å²) in [6, 6.07) is 13.6. The van der Waals surface area contributed by atoms with E-state index in [0.717, 1.165) is 23.5 Å². The largest absolute Gasteiger partial charge is 0.466 e. The molecule has 1 amide bonds. The zero-order valence-electron chi connectivity index (χ0n) is 18.6. The first-order valence-electron chi connectivity index (χ1n) is 11.1. The van der Waals surface area contributed by atoms with Gasteiger partial charge in [0.1, 0.15) is 11.6 Å². The van der Waals surface area contributed by atoms with E-state index in [1.165, 1.54) is 0 Å². The smallest absolute Gasteiger partial charge is 0.310 e. The van der Waals surface area contributed by atoms with E-state index in [1.807, 2.05) is 64.1 Å². The highest BCUT2D eigenvalue weighted by molar-refractivity contribution is 7.84. The van der Waals surface area contributed by atoms with Crippen molar-refractivity contribution in [2.75, 3.05) is 25.4 Å². The Morgan fingerprint density at radius 1 is 1.15 bits per heavy atom. The highest BCUT2D eigenvalue weighted by atomic mass is 32.2. The first-order valence-corrected chi connectivity index (χ1v) is 12.6. The number of esters is 1. The van der Waals surface area contributed by atoms with Gasteiger partial charge in [-0.3, -0.25) is 13.8 Å². The van der Waals surface area contributed by atoms with Crippen LogP contribution in [0, 0.1) is 5.92 Å². The van der Waals surface area contributed by atoms with Gasteiger partial charge in [0.05, 0.1) is 30.2 Å². The summed E-state index contributed by atoms with van der Waals surface area (Å²) in [6.07, 6.45) is 6.99. The average molecular weight is 469 g/mol. The lowest BCUT2D eigenvalue weighted by atomic mass is 9.98. The molecule has 0 aliphatic carbocycles. The Balaban J connectivity index is 1.46. The lowest BCUT2D eigenvalue weighted by molar-refractivity contribution is -0.151. The molecular weight excluding hydrogens is 440 g/mol. The minimum atomic E-state index is -1.42. The molecule has 0 bridgehead atoms. The van der Waals surface area contributed by atoms with Crippen molar-refractivity contribution in [1.82, 2.24) is 19.2 Å². The summed E-state index contributed by atoms with van der Waals surface area (Å²) in [4.78, 5) is 26.5. The average Bonchev–Trinajstić information content (AvgIpc) is 3.49. The van der Waals surface area contributed by atoms with Crippen LogP contribution in [-0.4, -0.2) is 60.8 Å². The number of rotatable bonds is 8. The summed E-state index contributed by atoms with van der Waals surface area (Å²) in [5, 5.41) is 4.53. The second kappa shape index (κ2) is 10.6. The Morgan fingerprint density at radius 3 is 2.64 bits per heavy atom. The van der Waals surface area contributed by atoms with Crippen molar-refractivity contribution in [1.29, 1.82) is 0 Å². The van der Waals surface area contributed by atoms with Crippen molar-refractivity contribution < 1.29 is 18.5 Å². The summed E-state index contributed by atoms with van der Waals surface area (Å²) >= 11 is 0. The number of para-hydroxylation sites is 1. The van der Waals surface area contributed by atoms with E-state index in [4.69, 9.17) is 4.74 Å². The molecule has 2 atom stereocenters. The number of likely N-dealkylation sites (tertiary alicyclic amines) is 1. The van der Waals surface area contributed by atoms with Crippen molar-refractivity contribution >= 4 is 22.7 Å². The third kappa shape index (κ3) is 5.42. The van der Waals surface area contributed by atoms with Crippen molar-refractivity contribution in [2.45, 2.75) is 25.5 Å². The summed E-state index contributed by atoms with van der Waals surface area (Å²) in [5.74, 6) is 0.160. The van der Waals surface area contributed by atoms with Crippen molar-refractivity contribution in [2.24, 2.45) is 5.92 Å². The predicted molar refractivity (Wildman–Crippen MR) is 126 cm³/mol. The molecule has 1 aliphatic heterocycles. The Morgan fingerprint density at radius 2 is 1.91 bits per heavy atom. The number of hydrogen-bond acceptors (Lipinski definition) is 5. The topological polar surface area (TPSA) is 86.4 Å². The monoisotopic (exact) mass is 468 g/mol. The number of piperidine rings is 1. The molecule has 8 nitrogen and oxygen atoms in total. The van der Waals surface area contributed by atoms with Crippen LogP contribution in [0.15, 0.2) is 61.1 Å². The molecule has 1 saturated heterocycles. The fourth-order valence-electron chi connectivity index (χ4n) is 4.10. The summed E-state index contributed by atoms with van der Waals surface area (Å²) < 4.78 is 21.8. The highest BCUT2D eigenvalue weighted by Crippen LogP contribution is 2.22. The van der Waals surface area contributed by atoms with Gasteiger partial charge >= 0.3 is 5.97 Å². The van der Waals surface area contributed by atoms with E-state index < -0.39 is 10.8 Å². The van der Waals surface area contributed by atoms with Crippen LogP contribution in [0.1, 0.15) is 25.3 Å². The molecule has 1 aliphatic rings. The van der Waals surface area contributed by atoms with Crippen LogP contribution < -0.4 is 0 Å². The van der Waals surface area contributed by atoms with E-state index in [0.29, 0.717) is 26.1 Å². The standard InChI is InChI=1S/C24H28N4O4S/c1-2-32-24(30)19-9-8-14-27(16-19)22(29)18-33(31)17-20-15-25-28(21-10-4-3-5-11-21)23(20)26-12-6-7-13-26/h3-7,10-13,15,19H,2,8-9,14,16-18H2,1H3/t19-,33-/m0/s1. The Labute approximate surface area is 195 Å². The molecule has 0 spiro atoms. The molecule has 3 aromatic rings. The molecule has 0 radical (unpaired) electrons. The van der Waals surface area contributed by atoms with Gasteiger partial charge < -0.3 is 14.2 Å². The Kier molecular flexibility index (Phi) is 7.39. The highest BCUT2D eigenvalue weighted by Gasteiger charge is 2.30. The minimum Gasteiger partial charge on any atom is -0.466 e. The number of aromatic nitrogens is 3. The van der Waals surface area contributed by atoms with E-state index in [9.17, 15) is 13.8 Å². The molecule has 1 fully saturated rings. The van der Waals surface area contributed by atoms with Crippen LogP contribution in [0.3, 0.4) is 0 Å². The maximum Gasteiger partial charge on any atom is 0.310 e. The third-order valence-electron chi connectivity index (χ3n) is 5.66. The lowest BCUT2D eigenvalue weighted by Crippen LogP contribution is -2.44. The van der Waals surface area contributed by atoms with E-state index in [2.05, 4.69) is 5.10 Å². The second-order valence-corrected chi connectivity index (χ2v) is 9.45. The van der Waals surface area contributed by atoms with Crippen LogP contribution in [0.4, 0.5) is 0 Å². The molecule has 4 rings (SSSR count). The number of amides is 1. The molecular formula is C24H28N4O4S. The van der Waals surface area contributed by atoms with Crippen molar-refractivity contribution in [3.63, 3.8) is 0 Å². The first kappa shape index (κ1) is 23.0. The molecule has 3 heterocycles. The molecule has 0 saturated carbocycles. The number of nitrogens with zero attached hydrogens (tertiary/aromatic N) is 4. The third-order valence-corrected chi connectivity index (χ3v) is 6.86. The fourth-order valence-corrected chi connectivity index (χ4v) is 5.21. The van der Waals surface area contributed by atoms with E-state index in [1.54, 1.807) is 18.0 Å². The number of carbonyl (C=O) groups is 2. The molecule has 1 aromatic carbocycles. The number of ether oxygens (including phenoxy) is 1. The predicted octanol–water partition coefficient (Wildman–Crippen LogP) is 2.71. The molecule has 0 unspecified atom stereocenters. The SMILES string of the molecule is CCOC(=O)[C@H]1CCCN(C(=O)C[S@@](=O)Cc2cnn(-c3ccccc3)c2-n2cccc2)C1. The van der Waals surface area contributed by atoms with E-state index in [-0.39, 0.29) is 29.3 Å². The maximum atomic E-state index is 13.0. The van der Waals surface area contributed by atoms with Crippen molar-refractivity contribution in [3.8, 4) is 11.5 Å². The van der Waals surface area contributed by atoms with E-state index >= 15 is 0 Å². The van der Waals surface area contributed by atoms with Crippen LogP contribution in [0.2, 0.25) is 0 Å². The minimum absolute atomic E-state index is 0.0861. The Bertz CT molecular complexity index is 1110. The van der Waals surface area contributed by atoms with Gasteiger partial charge in [-0.05, 0) is 44.0 Å². The van der Waals surface area contributed by atoms with Gasteiger partial charge in [-0.15, -0.1) is 0 Å².